The lowest BCUT2D eigenvalue weighted by Gasteiger charge is -2.31. The fourth-order valence-electron chi connectivity index (χ4n) is 2.65. The fraction of sp³-hybridized carbons (Fsp3) is 0.500. The molecule has 26 heavy (non-hydrogen) atoms. The van der Waals surface area contributed by atoms with Gasteiger partial charge in [0.05, 0.1) is 5.54 Å². The van der Waals surface area contributed by atoms with Crippen LogP contribution in [0.1, 0.15) is 46.1 Å². The lowest BCUT2D eigenvalue weighted by molar-refractivity contribution is -0.118. The van der Waals surface area contributed by atoms with Gasteiger partial charge in [0.25, 0.3) is 0 Å². The molecule has 2 rings (SSSR count). The van der Waals surface area contributed by atoms with Gasteiger partial charge in [-0.3, -0.25) is 4.79 Å². The minimum Gasteiger partial charge on any atom is -0.444 e. The van der Waals surface area contributed by atoms with E-state index in [1.165, 1.54) is 6.08 Å². The number of amides is 2. The first-order chi connectivity index (χ1) is 12.1. The molecule has 1 aromatic carbocycles. The average molecular weight is 379 g/mol. The number of hydrogen-bond acceptors (Lipinski definition) is 3. The molecule has 1 atom stereocenters. The molecule has 2 N–H and O–H groups in total. The summed E-state index contributed by atoms with van der Waals surface area (Å²) in [5, 5.41) is 6.46. The topological polar surface area (TPSA) is 67.4 Å². The molecule has 0 bridgehead atoms. The molecule has 1 aromatic rings. The van der Waals surface area contributed by atoms with E-state index in [-0.39, 0.29) is 5.91 Å². The molecule has 1 fully saturated rings. The van der Waals surface area contributed by atoms with Crippen molar-refractivity contribution in [3.05, 3.63) is 40.9 Å². The third-order valence-corrected chi connectivity index (χ3v) is 4.44. The summed E-state index contributed by atoms with van der Waals surface area (Å²) in [4.78, 5) is 24.2. The Labute approximate surface area is 160 Å². The molecule has 1 unspecified atom stereocenters. The smallest absolute Gasteiger partial charge is 0.407 e. The standard InChI is InChI=1S/C20H27ClN2O3/c1-19(2,3)26-18(25)22-13-20(4,15-8-9-15)23-17(24)12-7-14-5-10-16(21)11-6-14/h5-7,10-12,15H,8-9,13H2,1-4H3,(H,22,25)(H,23,24)/b12-7+. The molecule has 5 nitrogen and oxygen atoms in total. The van der Waals surface area contributed by atoms with Crippen molar-refractivity contribution in [2.75, 3.05) is 6.54 Å². The van der Waals surface area contributed by atoms with Gasteiger partial charge in [-0.2, -0.15) is 0 Å². The van der Waals surface area contributed by atoms with Crippen LogP contribution in [0.2, 0.25) is 5.02 Å². The van der Waals surface area contributed by atoms with Gasteiger partial charge in [0.1, 0.15) is 5.60 Å². The van der Waals surface area contributed by atoms with Gasteiger partial charge in [-0.25, -0.2) is 4.79 Å². The molecule has 1 aliphatic carbocycles. The quantitative estimate of drug-likeness (QED) is 0.730. The monoisotopic (exact) mass is 378 g/mol. The number of carbonyl (C=O) groups excluding carboxylic acids is 2. The number of nitrogens with one attached hydrogen (secondary N) is 2. The molecule has 142 valence electrons. The molecule has 0 aliphatic heterocycles. The Bertz CT molecular complexity index is 675. The van der Waals surface area contributed by atoms with Gasteiger partial charge in [-0.05, 0) is 70.2 Å². The zero-order valence-corrected chi connectivity index (χ0v) is 16.5. The van der Waals surface area contributed by atoms with Gasteiger partial charge in [0.15, 0.2) is 0 Å². The fourth-order valence-corrected chi connectivity index (χ4v) is 2.78. The molecule has 0 radical (unpaired) electrons. The lowest BCUT2D eigenvalue weighted by atomic mass is 9.95. The summed E-state index contributed by atoms with van der Waals surface area (Å²) in [6, 6.07) is 7.24. The van der Waals surface area contributed by atoms with Crippen LogP contribution in [-0.4, -0.2) is 29.7 Å². The largest absolute Gasteiger partial charge is 0.444 e. The number of carbonyl (C=O) groups is 2. The number of benzene rings is 1. The second-order valence-electron chi connectivity index (χ2n) is 7.92. The summed E-state index contributed by atoms with van der Waals surface area (Å²) in [5.74, 6) is 0.158. The van der Waals surface area contributed by atoms with E-state index in [1.54, 1.807) is 18.2 Å². The van der Waals surface area contributed by atoms with E-state index in [1.807, 2.05) is 39.8 Å². The highest BCUT2D eigenvalue weighted by atomic mass is 35.5. The van der Waals surface area contributed by atoms with Crippen LogP contribution < -0.4 is 10.6 Å². The van der Waals surface area contributed by atoms with Gasteiger partial charge in [0, 0.05) is 17.6 Å². The van der Waals surface area contributed by atoms with Crippen LogP contribution >= 0.6 is 11.6 Å². The molecule has 0 aromatic heterocycles. The maximum Gasteiger partial charge on any atom is 0.407 e. The SMILES string of the molecule is CC(C)(C)OC(=O)NCC(C)(NC(=O)/C=C/c1ccc(Cl)cc1)C1CC1. The van der Waals surface area contributed by atoms with Crippen LogP contribution in [0.15, 0.2) is 30.3 Å². The predicted molar refractivity (Wildman–Crippen MR) is 104 cm³/mol. The van der Waals surface area contributed by atoms with Gasteiger partial charge in [-0.1, -0.05) is 23.7 Å². The van der Waals surface area contributed by atoms with E-state index < -0.39 is 17.2 Å². The van der Waals surface area contributed by atoms with Crippen LogP contribution in [0.3, 0.4) is 0 Å². The highest BCUT2D eigenvalue weighted by molar-refractivity contribution is 6.30. The van der Waals surface area contributed by atoms with Gasteiger partial charge < -0.3 is 15.4 Å². The zero-order chi connectivity index (χ0) is 19.4. The maximum absolute atomic E-state index is 12.3. The molecule has 0 heterocycles. The average Bonchev–Trinajstić information content (AvgIpc) is 3.36. The van der Waals surface area contributed by atoms with Crippen LogP contribution in [0, 0.1) is 5.92 Å². The highest BCUT2D eigenvalue weighted by Gasteiger charge is 2.42. The minimum atomic E-state index is -0.551. The maximum atomic E-state index is 12.3. The van der Waals surface area contributed by atoms with Crippen LogP contribution in [0.5, 0.6) is 0 Å². The minimum absolute atomic E-state index is 0.194. The molecule has 1 saturated carbocycles. The van der Waals surface area contributed by atoms with Crippen LogP contribution in [0.25, 0.3) is 6.08 Å². The molecular formula is C20H27ClN2O3. The summed E-state index contributed by atoms with van der Waals surface area (Å²) in [5.41, 5.74) is -0.160. The van der Waals surface area contributed by atoms with Crippen molar-refractivity contribution >= 4 is 29.7 Å². The Morgan fingerprint density at radius 3 is 2.35 bits per heavy atom. The number of alkyl carbamates (subject to hydrolysis) is 1. The Hall–Kier alpha value is -2.01. The van der Waals surface area contributed by atoms with Crippen molar-refractivity contribution in [2.24, 2.45) is 5.92 Å². The van der Waals surface area contributed by atoms with E-state index in [0.29, 0.717) is 17.5 Å². The number of hydrogen-bond donors (Lipinski definition) is 2. The third-order valence-electron chi connectivity index (χ3n) is 4.18. The van der Waals surface area contributed by atoms with E-state index in [4.69, 9.17) is 16.3 Å². The molecular weight excluding hydrogens is 352 g/mol. The summed E-state index contributed by atoms with van der Waals surface area (Å²) >= 11 is 5.86. The van der Waals surface area contributed by atoms with Gasteiger partial charge >= 0.3 is 6.09 Å². The normalized spacial score (nSPS) is 16.8. The van der Waals surface area contributed by atoms with E-state index in [2.05, 4.69) is 10.6 Å². The number of ether oxygens (including phenoxy) is 1. The first-order valence-electron chi connectivity index (χ1n) is 8.80. The Balaban J connectivity index is 1.92. The Kier molecular flexibility index (Phi) is 6.34. The first kappa shape index (κ1) is 20.3. The van der Waals surface area contributed by atoms with Crippen molar-refractivity contribution in [3.63, 3.8) is 0 Å². The molecule has 6 heteroatoms. The van der Waals surface area contributed by atoms with Crippen molar-refractivity contribution in [2.45, 2.75) is 51.7 Å². The summed E-state index contributed by atoms with van der Waals surface area (Å²) in [7, 11) is 0. The zero-order valence-electron chi connectivity index (χ0n) is 15.8. The Morgan fingerprint density at radius 2 is 1.81 bits per heavy atom. The lowest BCUT2D eigenvalue weighted by Crippen LogP contribution is -2.55. The summed E-state index contributed by atoms with van der Waals surface area (Å²) in [6.45, 7) is 7.73. The second kappa shape index (κ2) is 8.12. The third kappa shape index (κ3) is 6.71. The Morgan fingerprint density at radius 1 is 1.19 bits per heavy atom. The van der Waals surface area contributed by atoms with E-state index in [0.717, 1.165) is 18.4 Å². The first-order valence-corrected chi connectivity index (χ1v) is 9.18. The van der Waals surface area contributed by atoms with Crippen molar-refractivity contribution in [1.82, 2.24) is 10.6 Å². The molecule has 0 saturated heterocycles. The molecule has 0 spiro atoms. The summed E-state index contributed by atoms with van der Waals surface area (Å²) < 4.78 is 5.27. The summed E-state index contributed by atoms with van der Waals surface area (Å²) in [6.07, 6.45) is 4.83. The second-order valence-corrected chi connectivity index (χ2v) is 8.36. The highest BCUT2D eigenvalue weighted by Crippen LogP contribution is 2.39. The van der Waals surface area contributed by atoms with Crippen molar-refractivity contribution in [3.8, 4) is 0 Å². The van der Waals surface area contributed by atoms with Crippen molar-refractivity contribution < 1.29 is 14.3 Å². The van der Waals surface area contributed by atoms with Crippen LogP contribution in [-0.2, 0) is 9.53 Å². The number of rotatable bonds is 6. The van der Waals surface area contributed by atoms with Gasteiger partial charge in [0.2, 0.25) is 5.91 Å². The van der Waals surface area contributed by atoms with E-state index in [9.17, 15) is 9.59 Å². The van der Waals surface area contributed by atoms with E-state index >= 15 is 0 Å². The predicted octanol–water partition coefficient (Wildman–Crippen LogP) is 4.16. The van der Waals surface area contributed by atoms with Crippen molar-refractivity contribution in [1.29, 1.82) is 0 Å². The molecule has 1 aliphatic rings. The van der Waals surface area contributed by atoms with Crippen LogP contribution in [0.4, 0.5) is 4.79 Å². The van der Waals surface area contributed by atoms with Gasteiger partial charge in [-0.15, -0.1) is 0 Å². The number of halogens is 1. The molecule has 2 amide bonds.